The fourth-order valence-electron chi connectivity index (χ4n) is 2.12. The number of carbonyl (C=O) groups excluding carboxylic acids is 3. The van der Waals surface area contributed by atoms with Gasteiger partial charge in [0.25, 0.3) is 5.91 Å². The SMILES string of the molecule is CC(=O)c1c[nH]c(C(=O)O[C@@H](C)C(=O)NCCc2ccc(F)cc2)c1. The molecule has 2 N–H and O–H groups in total. The van der Waals surface area contributed by atoms with Crippen molar-refractivity contribution in [2.45, 2.75) is 26.4 Å². The van der Waals surface area contributed by atoms with E-state index in [0.717, 1.165) is 5.56 Å². The molecule has 0 fully saturated rings. The number of amides is 1. The smallest absolute Gasteiger partial charge is 0.355 e. The van der Waals surface area contributed by atoms with Crippen molar-refractivity contribution in [2.75, 3.05) is 6.54 Å². The summed E-state index contributed by atoms with van der Waals surface area (Å²) in [6.45, 7) is 3.18. The zero-order valence-electron chi connectivity index (χ0n) is 14.0. The standard InChI is InChI=1S/C18H19FN2O4/c1-11(22)14-9-16(21-10-14)18(24)25-12(2)17(23)20-8-7-13-3-5-15(19)6-4-13/h3-6,9-10,12,21H,7-8H2,1-2H3,(H,20,23)/t12-/m0/s1. The molecule has 1 amide bonds. The normalized spacial score (nSPS) is 11.6. The molecule has 0 aliphatic carbocycles. The summed E-state index contributed by atoms with van der Waals surface area (Å²) in [4.78, 5) is 37.7. The summed E-state index contributed by atoms with van der Waals surface area (Å²) in [7, 11) is 0. The monoisotopic (exact) mass is 346 g/mol. The van der Waals surface area contributed by atoms with Crippen molar-refractivity contribution in [3.05, 3.63) is 59.2 Å². The third kappa shape index (κ3) is 5.27. The highest BCUT2D eigenvalue weighted by molar-refractivity contribution is 5.98. The number of carbonyl (C=O) groups is 3. The van der Waals surface area contributed by atoms with Crippen LogP contribution in [0.15, 0.2) is 36.5 Å². The highest BCUT2D eigenvalue weighted by Crippen LogP contribution is 2.08. The first kappa shape index (κ1) is 18.4. The molecule has 7 heteroatoms. The third-order valence-electron chi connectivity index (χ3n) is 3.59. The molecule has 0 saturated heterocycles. The lowest BCUT2D eigenvalue weighted by molar-refractivity contribution is -0.129. The number of aromatic nitrogens is 1. The molecule has 1 aromatic carbocycles. The van der Waals surface area contributed by atoms with Gasteiger partial charge in [-0.3, -0.25) is 9.59 Å². The fraction of sp³-hybridized carbons (Fsp3) is 0.278. The van der Waals surface area contributed by atoms with Crippen LogP contribution in [0.4, 0.5) is 4.39 Å². The Balaban J connectivity index is 1.79. The van der Waals surface area contributed by atoms with Crippen molar-refractivity contribution in [2.24, 2.45) is 0 Å². The van der Waals surface area contributed by atoms with Crippen molar-refractivity contribution >= 4 is 17.7 Å². The molecule has 0 unspecified atom stereocenters. The summed E-state index contributed by atoms with van der Waals surface area (Å²) < 4.78 is 17.9. The molecule has 0 saturated carbocycles. The van der Waals surface area contributed by atoms with Gasteiger partial charge < -0.3 is 15.0 Å². The van der Waals surface area contributed by atoms with Crippen LogP contribution < -0.4 is 5.32 Å². The summed E-state index contributed by atoms with van der Waals surface area (Å²) in [5, 5.41) is 2.65. The molecule has 132 valence electrons. The Labute approximate surface area is 144 Å². The molecule has 0 radical (unpaired) electrons. The summed E-state index contributed by atoms with van der Waals surface area (Å²) in [5.41, 5.74) is 1.36. The molecule has 0 spiro atoms. The van der Waals surface area contributed by atoms with Crippen molar-refractivity contribution in [1.82, 2.24) is 10.3 Å². The van der Waals surface area contributed by atoms with Crippen molar-refractivity contribution in [3.63, 3.8) is 0 Å². The second-order valence-corrected chi connectivity index (χ2v) is 5.57. The highest BCUT2D eigenvalue weighted by Gasteiger charge is 2.20. The Kier molecular flexibility index (Phi) is 6.05. The minimum atomic E-state index is -0.982. The Morgan fingerprint density at radius 3 is 2.52 bits per heavy atom. The average molecular weight is 346 g/mol. The maximum Gasteiger partial charge on any atom is 0.355 e. The minimum Gasteiger partial charge on any atom is -0.448 e. The summed E-state index contributed by atoms with van der Waals surface area (Å²) in [5.74, 6) is -1.64. The van der Waals surface area contributed by atoms with Gasteiger partial charge in [-0.05, 0) is 44.0 Å². The Morgan fingerprint density at radius 2 is 1.92 bits per heavy atom. The molecule has 2 rings (SSSR count). The predicted octanol–water partition coefficient (Wildman–Crippen LogP) is 2.26. The van der Waals surface area contributed by atoms with E-state index < -0.39 is 18.0 Å². The van der Waals surface area contributed by atoms with Crippen LogP contribution in [0.3, 0.4) is 0 Å². The largest absolute Gasteiger partial charge is 0.448 e. The van der Waals surface area contributed by atoms with E-state index in [0.29, 0.717) is 18.5 Å². The molecule has 1 atom stereocenters. The number of nitrogens with one attached hydrogen (secondary N) is 2. The first-order valence-corrected chi connectivity index (χ1v) is 7.79. The molecule has 2 aromatic rings. The lowest BCUT2D eigenvalue weighted by Crippen LogP contribution is -2.37. The molecule has 25 heavy (non-hydrogen) atoms. The summed E-state index contributed by atoms with van der Waals surface area (Å²) >= 11 is 0. The maximum absolute atomic E-state index is 12.8. The number of H-pyrrole nitrogens is 1. The van der Waals surface area contributed by atoms with E-state index in [2.05, 4.69) is 10.3 Å². The van der Waals surface area contributed by atoms with E-state index in [4.69, 9.17) is 4.74 Å². The van der Waals surface area contributed by atoms with Crippen LogP contribution in [0.25, 0.3) is 0 Å². The molecule has 0 aliphatic heterocycles. The van der Waals surface area contributed by atoms with Gasteiger partial charge in [-0.15, -0.1) is 0 Å². The van der Waals surface area contributed by atoms with E-state index in [9.17, 15) is 18.8 Å². The maximum atomic E-state index is 12.8. The molecule has 0 aliphatic rings. The van der Waals surface area contributed by atoms with Crippen molar-refractivity contribution in [1.29, 1.82) is 0 Å². The number of aromatic amines is 1. The first-order valence-electron chi connectivity index (χ1n) is 7.79. The average Bonchev–Trinajstić information content (AvgIpc) is 3.07. The van der Waals surface area contributed by atoms with Crippen molar-refractivity contribution < 1.29 is 23.5 Å². The summed E-state index contributed by atoms with van der Waals surface area (Å²) in [6, 6.07) is 7.37. The van der Waals surface area contributed by atoms with Gasteiger partial charge in [-0.1, -0.05) is 12.1 Å². The van der Waals surface area contributed by atoms with Crippen LogP contribution in [0.2, 0.25) is 0 Å². The third-order valence-corrected chi connectivity index (χ3v) is 3.59. The lowest BCUT2D eigenvalue weighted by atomic mass is 10.1. The van der Waals surface area contributed by atoms with Crippen LogP contribution >= 0.6 is 0 Å². The van der Waals surface area contributed by atoms with Gasteiger partial charge >= 0.3 is 5.97 Å². The number of halogens is 1. The number of ether oxygens (including phenoxy) is 1. The zero-order valence-corrected chi connectivity index (χ0v) is 14.0. The Hall–Kier alpha value is -2.96. The number of hydrogen-bond acceptors (Lipinski definition) is 4. The Morgan fingerprint density at radius 1 is 1.24 bits per heavy atom. The van der Waals surface area contributed by atoms with Gasteiger partial charge in [0, 0.05) is 18.3 Å². The number of hydrogen-bond donors (Lipinski definition) is 2. The molecule has 6 nitrogen and oxygen atoms in total. The van der Waals surface area contributed by atoms with Crippen LogP contribution in [0.5, 0.6) is 0 Å². The van der Waals surface area contributed by atoms with Gasteiger partial charge in [0.05, 0.1) is 0 Å². The second-order valence-electron chi connectivity index (χ2n) is 5.57. The van der Waals surface area contributed by atoms with Crippen LogP contribution in [-0.2, 0) is 16.0 Å². The van der Waals surface area contributed by atoms with Gasteiger partial charge in [-0.2, -0.15) is 0 Å². The number of rotatable bonds is 7. The molecule has 0 bridgehead atoms. The van der Waals surface area contributed by atoms with Crippen LogP contribution in [-0.4, -0.2) is 35.3 Å². The van der Waals surface area contributed by atoms with Crippen molar-refractivity contribution in [3.8, 4) is 0 Å². The van der Waals surface area contributed by atoms with E-state index >= 15 is 0 Å². The van der Waals surface area contributed by atoms with Gasteiger partial charge in [0.2, 0.25) is 0 Å². The number of Topliss-reactive ketones (excluding diaryl/α,β-unsaturated/α-hetero) is 1. The number of esters is 1. The molecule has 1 heterocycles. The molecular weight excluding hydrogens is 327 g/mol. The van der Waals surface area contributed by atoms with Gasteiger partial charge in [-0.25, -0.2) is 9.18 Å². The summed E-state index contributed by atoms with van der Waals surface area (Å²) in [6.07, 6.45) is 0.960. The van der Waals surface area contributed by atoms with Crippen LogP contribution in [0.1, 0.15) is 40.3 Å². The van der Waals surface area contributed by atoms with E-state index in [1.165, 1.54) is 38.2 Å². The van der Waals surface area contributed by atoms with E-state index in [1.54, 1.807) is 12.1 Å². The minimum absolute atomic E-state index is 0.108. The zero-order chi connectivity index (χ0) is 18.4. The predicted molar refractivity (Wildman–Crippen MR) is 88.8 cm³/mol. The number of benzene rings is 1. The van der Waals surface area contributed by atoms with E-state index in [1.807, 2.05) is 0 Å². The molecule has 1 aromatic heterocycles. The number of ketones is 1. The van der Waals surface area contributed by atoms with Gasteiger partial charge in [0.1, 0.15) is 11.5 Å². The second kappa shape index (κ2) is 8.23. The van der Waals surface area contributed by atoms with Crippen LogP contribution in [0, 0.1) is 5.82 Å². The molecular formula is C18H19FN2O4. The fourth-order valence-corrected chi connectivity index (χ4v) is 2.12. The van der Waals surface area contributed by atoms with Gasteiger partial charge in [0.15, 0.2) is 11.9 Å². The highest BCUT2D eigenvalue weighted by atomic mass is 19.1. The van der Waals surface area contributed by atoms with E-state index in [-0.39, 0.29) is 17.3 Å². The quantitative estimate of drug-likeness (QED) is 0.595. The Bertz CT molecular complexity index is 768. The topological polar surface area (TPSA) is 88.3 Å². The lowest BCUT2D eigenvalue weighted by Gasteiger charge is -2.13. The first-order chi connectivity index (χ1) is 11.9.